The van der Waals surface area contributed by atoms with Gasteiger partial charge in [-0.1, -0.05) is 18.2 Å². The number of aromatic nitrogens is 2. The molecule has 2 heterocycles. The molecule has 0 spiro atoms. The van der Waals surface area contributed by atoms with Crippen molar-refractivity contribution in [2.75, 3.05) is 17.6 Å². The molecule has 0 aliphatic carbocycles. The van der Waals surface area contributed by atoms with Gasteiger partial charge in [-0.05, 0) is 35.7 Å². The van der Waals surface area contributed by atoms with Crippen molar-refractivity contribution in [2.24, 2.45) is 0 Å². The van der Waals surface area contributed by atoms with Crippen molar-refractivity contribution in [3.63, 3.8) is 0 Å². The third-order valence-electron chi connectivity index (χ3n) is 4.01. The van der Waals surface area contributed by atoms with Gasteiger partial charge in [0.05, 0.1) is 0 Å². The number of nitrogen functional groups attached to an aromatic ring is 1. The molecule has 3 rings (SSSR count). The highest BCUT2D eigenvalue weighted by Gasteiger charge is 2.20. The lowest BCUT2D eigenvalue weighted by Crippen LogP contribution is -2.11. The van der Waals surface area contributed by atoms with Crippen LogP contribution in [0.3, 0.4) is 0 Å². The molecule has 2 aromatic heterocycles. The van der Waals surface area contributed by atoms with E-state index in [2.05, 4.69) is 21.4 Å². The predicted octanol–water partition coefficient (Wildman–Crippen LogP) is 2.83. The number of hydrogen-bond acceptors (Lipinski definition) is 7. The van der Waals surface area contributed by atoms with E-state index >= 15 is 0 Å². The van der Waals surface area contributed by atoms with Gasteiger partial charge in [0, 0.05) is 24.5 Å². The fourth-order valence-electron chi connectivity index (χ4n) is 2.78. The largest absolute Gasteiger partial charge is 0.508 e. The Morgan fingerprint density at radius 1 is 1.11 bits per heavy atom. The molecule has 0 amide bonds. The molecule has 0 radical (unpaired) electrons. The number of rotatable bonds is 5. The molecule has 0 aliphatic heterocycles. The standard InChI is InChI=1S/C20H16N6O/c21-10-16-18(14-4-1-5-15(27)9-14)17(11-22)20(26-19(16)23)25-8-6-13-3-2-7-24-12-13/h1-5,7,9,12,27H,6,8H2,(H3,23,25,26). The van der Waals surface area contributed by atoms with Gasteiger partial charge in [-0.15, -0.1) is 0 Å². The Labute approximate surface area is 156 Å². The maximum absolute atomic E-state index is 9.77. The first-order valence-electron chi connectivity index (χ1n) is 8.20. The Morgan fingerprint density at radius 3 is 2.59 bits per heavy atom. The first kappa shape index (κ1) is 17.7. The average molecular weight is 356 g/mol. The lowest BCUT2D eigenvalue weighted by Gasteiger charge is -2.14. The van der Waals surface area contributed by atoms with Crippen LogP contribution in [-0.2, 0) is 6.42 Å². The molecule has 3 aromatic rings. The maximum Gasteiger partial charge on any atom is 0.147 e. The molecular weight excluding hydrogens is 340 g/mol. The van der Waals surface area contributed by atoms with Crippen LogP contribution in [0.5, 0.6) is 5.75 Å². The molecule has 7 nitrogen and oxygen atoms in total. The number of phenols is 1. The Hall–Kier alpha value is -4.10. The zero-order valence-electron chi connectivity index (χ0n) is 14.3. The molecule has 132 valence electrons. The number of benzene rings is 1. The smallest absolute Gasteiger partial charge is 0.147 e. The summed E-state index contributed by atoms with van der Waals surface area (Å²) in [4.78, 5) is 8.27. The average Bonchev–Trinajstić information content (AvgIpc) is 2.68. The Bertz CT molecular complexity index is 1050. The van der Waals surface area contributed by atoms with E-state index in [-0.39, 0.29) is 22.7 Å². The Kier molecular flexibility index (Phi) is 5.15. The minimum absolute atomic E-state index is 0.0266. The lowest BCUT2D eigenvalue weighted by atomic mass is 9.96. The van der Waals surface area contributed by atoms with Gasteiger partial charge in [0.25, 0.3) is 0 Å². The third kappa shape index (κ3) is 3.78. The summed E-state index contributed by atoms with van der Waals surface area (Å²) < 4.78 is 0. The van der Waals surface area contributed by atoms with Gasteiger partial charge in [0.1, 0.15) is 40.7 Å². The van der Waals surface area contributed by atoms with Crippen molar-refractivity contribution in [1.82, 2.24) is 9.97 Å². The number of nitrogens with zero attached hydrogens (tertiary/aromatic N) is 4. The Morgan fingerprint density at radius 2 is 1.93 bits per heavy atom. The highest BCUT2D eigenvalue weighted by atomic mass is 16.3. The van der Waals surface area contributed by atoms with Crippen LogP contribution < -0.4 is 11.1 Å². The normalized spacial score (nSPS) is 10.0. The summed E-state index contributed by atoms with van der Waals surface area (Å²) in [6.45, 7) is 0.512. The van der Waals surface area contributed by atoms with E-state index in [1.807, 2.05) is 18.2 Å². The van der Waals surface area contributed by atoms with Crippen LogP contribution in [0.1, 0.15) is 16.7 Å². The quantitative estimate of drug-likeness (QED) is 0.640. The van der Waals surface area contributed by atoms with Crippen LogP contribution in [0.2, 0.25) is 0 Å². The lowest BCUT2D eigenvalue weighted by molar-refractivity contribution is 0.475. The van der Waals surface area contributed by atoms with Crippen molar-refractivity contribution in [3.05, 3.63) is 65.5 Å². The highest BCUT2D eigenvalue weighted by molar-refractivity contribution is 5.85. The number of anilines is 2. The summed E-state index contributed by atoms with van der Waals surface area (Å²) in [7, 11) is 0. The SMILES string of the molecule is N#Cc1c(N)nc(NCCc2cccnc2)c(C#N)c1-c1cccc(O)c1. The molecule has 4 N–H and O–H groups in total. The fraction of sp³-hybridized carbons (Fsp3) is 0.100. The zero-order valence-corrected chi connectivity index (χ0v) is 14.3. The van der Waals surface area contributed by atoms with Crippen LogP contribution in [0, 0.1) is 22.7 Å². The number of nitrogens with one attached hydrogen (secondary N) is 1. The van der Waals surface area contributed by atoms with Crippen LogP contribution in [0.4, 0.5) is 11.6 Å². The zero-order chi connectivity index (χ0) is 19.2. The second-order valence-corrected chi connectivity index (χ2v) is 5.78. The van der Waals surface area contributed by atoms with Gasteiger partial charge < -0.3 is 16.2 Å². The van der Waals surface area contributed by atoms with Gasteiger partial charge >= 0.3 is 0 Å². The molecule has 0 fully saturated rings. The number of phenolic OH excluding ortho intramolecular Hbond substituents is 1. The van der Waals surface area contributed by atoms with Crippen molar-refractivity contribution in [2.45, 2.75) is 6.42 Å². The molecule has 0 aliphatic rings. The van der Waals surface area contributed by atoms with Crippen molar-refractivity contribution >= 4 is 11.6 Å². The van der Waals surface area contributed by atoms with Crippen molar-refractivity contribution in [3.8, 4) is 29.0 Å². The minimum Gasteiger partial charge on any atom is -0.508 e. The van der Waals surface area contributed by atoms with E-state index in [0.29, 0.717) is 29.9 Å². The first-order chi connectivity index (χ1) is 13.1. The number of nitrogens with two attached hydrogens (primary N) is 1. The summed E-state index contributed by atoms with van der Waals surface area (Å²) >= 11 is 0. The minimum atomic E-state index is 0.0266. The van der Waals surface area contributed by atoms with Crippen molar-refractivity contribution < 1.29 is 5.11 Å². The Balaban J connectivity index is 2.00. The van der Waals surface area contributed by atoms with Gasteiger partial charge in [-0.2, -0.15) is 10.5 Å². The molecule has 0 saturated carbocycles. The first-order valence-corrected chi connectivity index (χ1v) is 8.20. The second-order valence-electron chi connectivity index (χ2n) is 5.78. The summed E-state index contributed by atoms with van der Waals surface area (Å²) in [6, 6.07) is 14.3. The summed E-state index contributed by atoms with van der Waals surface area (Å²) in [5.41, 5.74) is 8.19. The second kappa shape index (κ2) is 7.85. The molecule has 0 saturated heterocycles. The van der Waals surface area contributed by atoms with E-state index < -0.39 is 0 Å². The number of pyridine rings is 2. The highest BCUT2D eigenvalue weighted by Crippen LogP contribution is 2.35. The number of aromatic hydroxyl groups is 1. The summed E-state index contributed by atoms with van der Waals surface area (Å²) in [6.07, 6.45) is 4.16. The summed E-state index contributed by atoms with van der Waals surface area (Å²) in [5.74, 6) is 0.358. The van der Waals surface area contributed by atoms with E-state index in [1.165, 1.54) is 12.1 Å². The maximum atomic E-state index is 9.77. The topological polar surface area (TPSA) is 132 Å². The van der Waals surface area contributed by atoms with E-state index in [9.17, 15) is 15.6 Å². The van der Waals surface area contributed by atoms with E-state index in [0.717, 1.165) is 5.56 Å². The van der Waals surface area contributed by atoms with Crippen molar-refractivity contribution in [1.29, 1.82) is 10.5 Å². The van der Waals surface area contributed by atoms with Gasteiger partial charge in [-0.25, -0.2) is 4.98 Å². The fourth-order valence-corrected chi connectivity index (χ4v) is 2.78. The van der Waals surface area contributed by atoms with Gasteiger partial charge in [0.15, 0.2) is 0 Å². The molecule has 0 unspecified atom stereocenters. The van der Waals surface area contributed by atoms with E-state index in [4.69, 9.17) is 5.73 Å². The van der Waals surface area contributed by atoms with Crippen LogP contribution in [0.15, 0.2) is 48.8 Å². The van der Waals surface area contributed by atoms with E-state index in [1.54, 1.807) is 24.5 Å². The van der Waals surface area contributed by atoms with Crippen LogP contribution in [-0.4, -0.2) is 21.6 Å². The van der Waals surface area contributed by atoms with Gasteiger partial charge in [0.2, 0.25) is 0 Å². The molecule has 27 heavy (non-hydrogen) atoms. The van der Waals surface area contributed by atoms with Crippen LogP contribution in [0.25, 0.3) is 11.1 Å². The summed E-state index contributed by atoms with van der Waals surface area (Å²) in [5, 5.41) is 32.1. The third-order valence-corrected chi connectivity index (χ3v) is 4.01. The number of hydrogen-bond donors (Lipinski definition) is 3. The molecule has 0 atom stereocenters. The molecule has 7 heteroatoms. The molecule has 0 bridgehead atoms. The van der Waals surface area contributed by atoms with Crippen LogP contribution >= 0.6 is 0 Å². The number of nitriles is 2. The predicted molar refractivity (Wildman–Crippen MR) is 102 cm³/mol. The molecular formula is C20H16N6O. The monoisotopic (exact) mass is 356 g/mol. The molecule has 1 aromatic carbocycles. The van der Waals surface area contributed by atoms with Gasteiger partial charge in [-0.3, -0.25) is 4.98 Å².